The summed E-state index contributed by atoms with van der Waals surface area (Å²) in [5.41, 5.74) is 0.650. The van der Waals surface area contributed by atoms with E-state index in [1.807, 2.05) is 0 Å². The number of carbonyl (C=O) groups is 1. The molecule has 0 bridgehead atoms. The summed E-state index contributed by atoms with van der Waals surface area (Å²) in [7, 11) is 1.75. The van der Waals surface area contributed by atoms with Gasteiger partial charge in [0.1, 0.15) is 17.4 Å². The molecule has 0 aliphatic carbocycles. The van der Waals surface area contributed by atoms with Crippen molar-refractivity contribution in [1.82, 2.24) is 10.1 Å². The van der Waals surface area contributed by atoms with Crippen LogP contribution in [0.2, 0.25) is 0 Å². The second-order valence-corrected chi connectivity index (χ2v) is 5.13. The smallest absolute Gasteiger partial charge is 0.241 e. The number of nitrogens with one attached hydrogen (secondary N) is 1. The molecule has 7 heteroatoms. The fourth-order valence-electron chi connectivity index (χ4n) is 1.91. The third kappa shape index (κ3) is 3.88. The van der Waals surface area contributed by atoms with Gasteiger partial charge in [-0.25, -0.2) is 8.78 Å². The van der Waals surface area contributed by atoms with Crippen LogP contribution in [0.15, 0.2) is 28.8 Å². The molecule has 118 valence electrons. The Morgan fingerprint density at radius 1 is 1.41 bits per heavy atom. The number of rotatable bonds is 5. The lowest BCUT2D eigenvalue weighted by molar-refractivity contribution is -0.120. The van der Waals surface area contributed by atoms with Crippen molar-refractivity contribution >= 4 is 11.6 Å². The molecule has 1 amide bonds. The molecular weight excluding hydrogens is 292 g/mol. The van der Waals surface area contributed by atoms with Gasteiger partial charge in [0, 0.05) is 18.7 Å². The van der Waals surface area contributed by atoms with Gasteiger partial charge in [-0.2, -0.15) is 0 Å². The van der Waals surface area contributed by atoms with Crippen LogP contribution in [0.5, 0.6) is 0 Å². The summed E-state index contributed by atoms with van der Waals surface area (Å²) in [6.45, 7) is 3.88. The molecule has 0 saturated heterocycles. The Balaban J connectivity index is 1.98. The molecule has 5 nitrogen and oxygen atoms in total. The van der Waals surface area contributed by atoms with Crippen LogP contribution in [-0.2, 0) is 11.3 Å². The second-order valence-electron chi connectivity index (χ2n) is 5.13. The Hall–Kier alpha value is -2.28. The molecule has 2 aromatic rings. The Labute approximate surface area is 126 Å². The summed E-state index contributed by atoms with van der Waals surface area (Å²) in [5.74, 6) is -1.21. The third-order valence-corrected chi connectivity index (χ3v) is 3.32. The van der Waals surface area contributed by atoms with E-state index in [-0.39, 0.29) is 5.69 Å². The van der Waals surface area contributed by atoms with Crippen molar-refractivity contribution in [2.24, 2.45) is 0 Å². The predicted octanol–water partition coefficient (Wildman–Crippen LogP) is 2.72. The van der Waals surface area contributed by atoms with Gasteiger partial charge in [0.2, 0.25) is 5.91 Å². The van der Waals surface area contributed by atoms with Crippen molar-refractivity contribution in [1.29, 1.82) is 0 Å². The Morgan fingerprint density at radius 2 is 2.14 bits per heavy atom. The van der Waals surface area contributed by atoms with Crippen LogP contribution in [0, 0.1) is 18.6 Å². The minimum absolute atomic E-state index is 0.0519. The Kier molecular flexibility index (Phi) is 4.87. The summed E-state index contributed by atoms with van der Waals surface area (Å²) < 4.78 is 31.3. The summed E-state index contributed by atoms with van der Waals surface area (Å²) in [5, 5.41) is 6.30. The topological polar surface area (TPSA) is 58.4 Å². The second kappa shape index (κ2) is 6.65. The lowest BCUT2D eigenvalue weighted by Crippen LogP contribution is -2.39. The number of carbonyl (C=O) groups excluding carboxylic acids is 1. The van der Waals surface area contributed by atoms with Gasteiger partial charge >= 0.3 is 0 Å². The van der Waals surface area contributed by atoms with Gasteiger partial charge in [-0.15, -0.1) is 0 Å². The maximum Gasteiger partial charge on any atom is 0.241 e. The molecule has 1 unspecified atom stereocenters. The highest BCUT2D eigenvalue weighted by Gasteiger charge is 2.20. The van der Waals surface area contributed by atoms with E-state index in [0.717, 1.165) is 12.1 Å². The summed E-state index contributed by atoms with van der Waals surface area (Å²) >= 11 is 0. The van der Waals surface area contributed by atoms with Crippen LogP contribution < -0.4 is 5.32 Å². The zero-order valence-electron chi connectivity index (χ0n) is 12.6. The molecule has 22 heavy (non-hydrogen) atoms. The standard InChI is InChI=1S/C15H17F2N3O2/c1-9-6-12(19-22-9)8-20(3)10(2)15(21)18-14-5-4-11(16)7-13(14)17/h4-7,10H,8H2,1-3H3,(H,18,21). The first kappa shape index (κ1) is 16.1. The molecular formula is C15H17F2N3O2. The maximum absolute atomic E-state index is 13.5. The molecule has 1 aromatic heterocycles. The summed E-state index contributed by atoms with van der Waals surface area (Å²) in [4.78, 5) is 13.9. The molecule has 0 aliphatic heterocycles. The number of likely N-dealkylation sites (N-methyl/N-ethyl adjacent to an activating group) is 1. The fraction of sp³-hybridized carbons (Fsp3) is 0.333. The molecule has 2 rings (SSSR count). The van der Waals surface area contributed by atoms with E-state index in [2.05, 4.69) is 10.5 Å². The highest BCUT2D eigenvalue weighted by Crippen LogP contribution is 2.16. The van der Waals surface area contributed by atoms with Crippen LogP contribution in [-0.4, -0.2) is 29.1 Å². The number of amides is 1. The highest BCUT2D eigenvalue weighted by atomic mass is 19.1. The van der Waals surface area contributed by atoms with Gasteiger partial charge < -0.3 is 9.84 Å². The Morgan fingerprint density at radius 3 is 2.73 bits per heavy atom. The van der Waals surface area contributed by atoms with E-state index in [4.69, 9.17) is 4.52 Å². The predicted molar refractivity (Wildman–Crippen MR) is 77.2 cm³/mol. The molecule has 1 aromatic carbocycles. The monoisotopic (exact) mass is 309 g/mol. The minimum Gasteiger partial charge on any atom is -0.361 e. The SMILES string of the molecule is Cc1cc(CN(C)C(C)C(=O)Nc2ccc(F)cc2F)no1. The van der Waals surface area contributed by atoms with Gasteiger partial charge in [-0.1, -0.05) is 5.16 Å². The van der Waals surface area contributed by atoms with Gasteiger partial charge in [-0.3, -0.25) is 9.69 Å². The quantitative estimate of drug-likeness (QED) is 0.922. The number of anilines is 1. The van der Waals surface area contributed by atoms with Crippen molar-refractivity contribution in [2.75, 3.05) is 12.4 Å². The van der Waals surface area contributed by atoms with Crippen LogP contribution in [0.25, 0.3) is 0 Å². The first-order chi connectivity index (χ1) is 10.4. The number of nitrogens with zero attached hydrogens (tertiary/aromatic N) is 2. The van der Waals surface area contributed by atoms with Crippen molar-refractivity contribution in [3.8, 4) is 0 Å². The largest absolute Gasteiger partial charge is 0.361 e. The number of halogens is 2. The third-order valence-electron chi connectivity index (χ3n) is 3.32. The number of hydrogen-bond acceptors (Lipinski definition) is 4. The lowest BCUT2D eigenvalue weighted by atomic mass is 10.2. The summed E-state index contributed by atoms with van der Waals surface area (Å²) in [6, 6.07) is 4.26. The van der Waals surface area contributed by atoms with Crippen molar-refractivity contribution < 1.29 is 18.1 Å². The average molecular weight is 309 g/mol. The maximum atomic E-state index is 13.5. The van der Waals surface area contributed by atoms with E-state index in [9.17, 15) is 13.6 Å². The lowest BCUT2D eigenvalue weighted by Gasteiger charge is -2.22. The van der Waals surface area contributed by atoms with Crippen LogP contribution in [0.1, 0.15) is 18.4 Å². The minimum atomic E-state index is -0.810. The van der Waals surface area contributed by atoms with Crippen molar-refractivity contribution in [3.05, 3.63) is 47.4 Å². The van der Waals surface area contributed by atoms with Gasteiger partial charge in [0.05, 0.1) is 17.4 Å². The van der Waals surface area contributed by atoms with E-state index in [1.165, 1.54) is 6.07 Å². The molecule has 0 saturated carbocycles. The number of hydrogen-bond donors (Lipinski definition) is 1. The van der Waals surface area contributed by atoms with Gasteiger partial charge in [-0.05, 0) is 33.0 Å². The van der Waals surface area contributed by atoms with E-state index in [1.54, 1.807) is 31.9 Å². The van der Waals surface area contributed by atoms with E-state index < -0.39 is 23.6 Å². The van der Waals surface area contributed by atoms with Crippen LogP contribution in [0.3, 0.4) is 0 Å². The van der Waals surface area contributed by atoms with Crippen LogP contribution >= 0.6 is 0 Å². The van der Waals surface area contributed by atoms with E-state index >= 15 is 0 Å². The summed E-state index contributed by atoms with van der Waals surface area (Å²) in [6.07, 6.45) is 0. The van der Waals surface area contributed by atoms with Crippen molar-refractivity contribution in [3.63, 3.8) is 0 Å². The number of aromatic nitrogens is 1. The molecule has 1 N–H and O–H groups in total. The number of benzene rings is 1. The van der Waals surface area contributed by atoms with E-state index in [0.29, 0.717) is 18.0 Å². The molecule has 0 aliphatic rings. The van der Waals surface area contributed by atoms with Gasteiger partial charge in [0.15, 0.2) is 0 Å². The molecule has 1 atom stereocenters. The van der Waals surface area contributed by atoms with Crippen LogP contribution in [0.4, 0.5) is 14.5 Å². The molecule has 1 heterocycles. The fourth-order valence-corrected chi connectivity index (χ4v) is 1.91. The first-order valence-corrected chi connectivity index (χ1v) is 6.75. The molecule has 0 radical (unpaired) electrons. The normalized spacial score (nSPS) is 12.5. The van der Waals surface area contributed by atoms with Crippen molar-refractivity contribution in [2.45, 2.75) is 26.4 Å². The Bertz CT molecular complexity index is 673. The van der Waals surface area contributed by atoms with Gasteiger partial charge in [0.25, 0.3) is 0 Å². The highest BCUT2D eigenvalue weighted by molar-refractivity contribution is 5.94. The molecule has 0 fully saturated rings. The number of aryl methyl sites for hydroxylation is 1. The zero-order valence-corrected chi connectivity index (χ0v) is 12.6. The molecule has 0 spiro atoms. The average Bonchev–Trinajstić information content (AvgIpc) is 2.86. The zero-order chi connectivity index (χ0) is 16.3. The first-order valence-electron chi connectivity index (χ1n) is 6.75.